The zero-order valence-electron chi connectivity index (χ0n) is 21.2. The maximum atomic E-state index is 13.6. The van der Waals surface area contributed by atoms with Crippen LogP contribution >= 0.6 is 23.2 Å². The lowest BCUT2D eigenvalue weighted by Crippen LogP contribution is -2.38. The normalized spacial score (nSPS) is 12.9. The summed E-state index contributed by atoms with van der Waals surface area (Å²) in [4.78, 5) is 9.40. The Bertz CT molecular complexity index is 1400. The Morgan fingerprint density at radius 2 is 1.84 bits per heavy atom. The number of hydrogen-bond donors (Lipinski definition) is 1. The van der Waals surface area contributed by atoms with Crippen molar-refractivity contribution in [2.24, 2.45) is 0 Å². The molecule has 4 rings (SSSR count). The Morgan fingerprint density at radius 3 is 2.45 bits per heavy atom. The molecule has 0 aliphatic carbocycles. The standard InChI is InChI=1S/C23H23Cl2N3O4S.C3H6O2/c1-3-27-15-22(23(26-27)31-4-2)33(29,30)28-12-13-32-21-11-9-16(14-20(21)28)8-10-17-18(24)6-5-7-19(17)25;1-2-3(4)5/h5-11,14-15H,3-4,12-13H2,1-2H3;2H2,1H3,(H,4,5)/b10-8+;. The van der Waals surface area contributed by atoms with Crippen LogP contribution in [0.15, 0.2) is 47.5 Å². The Balaban J connectivity index is 0.000000732. The summed E-state index contributed by atoms with van der Waals surface area (Å²) in [6, 6.07) is 10.7. The molecule has 38 heavy (non-hydrogen) atoms. The first kappa shape index (κ1) is 29.3. The van der Waals surface area contributed by atoms with Gasteiger partial charge >= 0.3 is 5.97 Å². The molecule has 2 aromatic carbocycles. The van der Waals surface area contributed by atoms with Crippen LogP contribution in [0, 0.1) is 0 Å². The van der Waals surface area contributed by atoms with E-state index in [4.69, 9.17) is 37.8 Å². The predicted molar refractivity (Wildman–Crippen MR) is 149 cm³/mol. The van der Waals surface area contributed by atoms with Gasteiger partial charge in [0.1, 0.15) is 12.4 Å². The second-order valence-electron chi connectivity index (χ2n) is 7.96. The molecule has 0 radical (unpaired) electrons. The van der Waals surface area contributed by atoms with Crippen LogP contribution in [0.5, 0.6) is 11.6 Å². The maximum Gasteiger partial charge on any atom is 0.303 e. The smallest absolute Gasteiger partial charge is 0.303 e. The van der Waals surface area contributed by atoms with E-state index in [0.29, 0.717) is 40.2 Å². The Kier molecular flexibility index (Phi) is 10.1. The lowest BCUT2D eigenvalue weighted by molar-refractivity contribution is -0.136. The van der Waals surface area contributed by atoms with Gasteiger partial charge in [-0.05, 0) is 43.7 Å². The molecule has 1 aliphatic rings. The Labute approximate surface area is 232 Å². The summed E-state index contributed by atoms with van der Waals surface area (Å²) in [5.74, 6) is -0.166. The molecule has 0 unspecified atom stereocenters. The molecule has 0 fully saturated rings. The van der Waals surface area contributed by atoms with Crippen LogP contribution < -0.4 is 13.8 Å². The number of rotatable bonds is 8. The molecule has 1 aromatic heterocycles. The number of hydrogen-bond acceptors (Lipinski definition) is 6. The molecule has 0 atom stereocenters. The fourth-order valence-electron chi connectivity index (χ4n) is 3.49. The van der Waals surface area contributed by atoms with Crippen molar-refractivity contribution < 1.29 is 27.8 Å². The number of carboxylic acid groups (broad SMARTS) is 1. The van der Waals surface area contributed by atoms with Crippen molar-refractivity contribution in [3.63, 3.8) is 0 Å². The molecule has 1 aliphatic heterocycles. The van der Waals surface area contributed by atoms with Crippen LogP contribution in [-0.4, -0.2) is 49.0 Å². The summed E-state index contributed by atoms with van der Waals surface area (Å²) in [6.45, 7) is 6.51. The van der Waals surface area contributed by atoms with Crippen LogP contribution in [-0.2, 0) is 21.4 Å². The van der Waals surface area contributed by atoms with Gasteiger partial charge in [-0.25, -0.2) is 8.42 Å². The van der Waals surface area contributed by atoms with E-state index in [-0.39, 0.29) is 30.3 Å². The number of halogens is 2. The summed E-state index contributed by atoms with van der Waals surface area (Å²) in [7, 11) is -3.94. The van der Waals surface area contributed by atoms with E-state index in [9.17, 15) is 13.2 Å². The molecule has 9 nitrogen and oxygen atoms in total. The van der Waals surface area contributed by atoms with Crippen LogP contribution in [0.2, 0.25) is 10.0 Å². The number of benzene rings is 2. The SMILES string of the molecule is CCC(=O)O.CCOc1nn(CC)cc1S(=O)(=O)N1CCOc2ccc(/C=C/c3c(Cl)cccc3Cl)cc21. The van der Waals surface area contributed by atoms with Crippen molar-refractivity contribution in [3.05, 3.63) is 63.8 Å². The minimum Gasteiger partial charge on any atom is -0.489 e. The van der Waals surface area contributed by atoms with Crippen molar-refractivity contribution in [2.75, 3.05) is 24.1 Å². The van der Waals surface area contributed by atoms with E-state index in [1.807, 2.05) is 19.1 Å². The second-order valence-corrected chi connectivity index (χ2v) is 10.6. The van der Waals surface area contributed by atoms with Gasteiger partial charge in [0.05, 0.1) is 18.8 Å². The third kappa shape index (κ3) is 6.80. The van der Waals surface area contributed by atoms with Gasteiger partial charge < -0.3 is 14.6 Å². The third-order valence-electron chi connectivity index (χ3n) is 5.42. The summed E-state index contributed by atoms with van der Waals surface area (Å²) in [5, 5.41) is 13.0. The summed E-state index contributed by atoms with van der Waals surface area (Å²) >= 11 is 12.5. The molecule has 0 saturated heterocycles. The number of aliphatic carboxylic acids is 1. The number of carboxylic acids is 1. The Morgan fingerprint density at radius 1 is 1.16 bits per heavy atom. The highest BCUT2D eigenvalue weighted by Crippen LogP contribution is 2.38. The fourth-order valence-corrected chi connectivity index (χ4v) is 5.55. The minimum absolute atomic E-state index is 0.0304. The van der Waals surface area contributed by atoms with Crippen LogP contribution in [0.3, 0.4) is 0 Å². The van der Waals surface area contributed by atoms with Crippen LogP contribution in [0.1, 0.15) is 38.3 Å². The van der Waals surface area contributed by atoms with E-state index in [1.165, 1.54) is 10.5 Å². The first-order valence-electron chi connectivity index (χ1n) is 12.0. The number of carbonyl (C=O) groups is 1. The number of ether oxygens (including phenoxy) is 2. The van der Waals surface area contributed by atoms with Gasteiger partial charge in [0.25, 0.3) is 15.9 Å². The van der Waals surface area contributed by atoms with Crippen molar-refractivity contribution in [3.8, 4) is 11.6 Å². The molecular weight excluding hydrogens is 553 g/mol. The number of fused-ring (bicyclic) bond motifs is 1. The third-order valence-corrected chi connectivity index (χ3v) is 7.87. The van der Waals surface area contributed by atoms with E-state index < -0.39 is 16.0 Å². The number of aryl methyl sites for hydroxylation is 1. The topological polar surface area (TPSA) is 111 Å². The lowest BCUT2D eigenvalue weighted by Gasteiger charge is -2.30. The van der Waals surface area contributed by atoms with E-state index >= 15 is 0 Å². The van der Waals surface area contributed by atoms with Gasteiger partial charge in [-0.1, -0.05) is 54.4 Å². The highest BCUT2D eigenvalue weighted by atomic mass is 35.5. The molecule has 0 bridgehead atoms. The van der Waals surface area contributed by atoms with Gasteiger partial charge in [0.15, 0.2) is 4.90 Å². The first-order valence-corrected chi connectivity index (χ1v) is 14.2. The van der Waals surface area contributed by atoms with Crippen molar-refractivity contribution in [1.82, 2.24) is 9.78 Å². The van der Waals surface area contributed by atoms with Crippen molar-refractivity contribution in [1.29, 1.82) is 0 Å². The first-order chi connectivity index (χ1) is 18.1. The Hall–Kier alpha value is -3.21. The minimum atomic E-state index is -3.94. The van der Waals surface area contributed by atoms with Gasteiger partial charge in [0, 0.05) is 34.8 Å². The summed E-state index contributed by atoms with van der Waals surface area (Å²) in [6.07, 6.45) is 5.35. The van der Waals surface area contributed by atoms with Gasteiger partial charge in [-0.3, -0.25) is 13.8 Å². The predicted octanol–water partition coefficient (Wildman–Crippen LogP) is 5.85. The monoisotopic (exact) mass is 581 g/mol. The molecule has 204 valence electrons. The molecule has 1 N–H and O–H groups in total. The van der Waals surface area contributed by atoms with Gasteiger partial charge in [0.2, 0.25) is 0 Å². The largest absolute Gasteiger partial charge is 0.489 e. The highest BCUT2D eigenvalue weighted by molar-refractivity contribution is 7.93. The lowest BCUT2D eigenvalue weighted by atomic mass is 10.1. The zero-order chi connectivity index (χ0) is 27.9. The quantitative estimate of drug-likeness (QED) is 0.332. The second kappa shape index (κ2) is 13.0. The number of sulfonamides is 1. The van der Waals surface area contributed by atoms with Crippen LogP contribution in [0.4, 0.5) is 5.69 Å². The molecule has 2 heterocycles. The molecule has 0 amide bonds. The van der Waals surface area contributed by atoms with Gasteiger partial charge in [-0.15, -0.1) is 5.10 Å². The fraction of sp³-hybridized carbons (Fsp3) is 0.308. The van der Waals surface area contributed by atoms with E-state index in [1.54, 1.807) is 54.9 Å². The molecular formula is C26H29Cl2N3O6S. The maximum absolute atomic E-state index is 13.6. The summed E-state index contributed by atoms with van der Waals surface area (Å²) < 4.78 is 41.4. The molecule has 12 heteroatoms. The highest BCUT2D eigenvalue weighted by Gasteiger charge is 2.34. The number of nitrogens with zero attached hydrogens (tertiary/aromatic N) is 3. The van der Waals surface area contributed by atoms with E-state index in [0.717, 1.165) is 5.56 Å². The average Bonchev–Trinajstić information content (AvgIpc) is 3.32. The molecule has 0 spiro atoms. The molecule has 0 saturated carbocycles. The number of aromatic nitrogens is 2. The average molecular weight is 583 g/mol. The molecule has 3 aromatic rings. The van der Waals surface area contributed by atoms with Crippen molar-refractivity contribution in [2.45, 2.75) is 38.6 Å². The summed E-state index contributed by atoms with van der Waals surface area (Å²) in [5.41, 5.74) is 1.90. The van der Waals surface area contributed by atoms with E-state index in [2.05, 4.69) is 5.10 Å². The van der Waals surface area contributed by atoms with Crippen molar-refractivity contribution >= 4 is 57.0 Å². The zero-order valence-corrected chi connectivity index (χ0v) is 23.6. The van der Waals surface area contributed by atoms with Crippen LogP contribution in [0.25, 0.3) is 12.2 Å². The van der Waals surface area contributed by atoms with Gasteiger partial charge in [-0.2, -0.15) is 0 Å². The number of anilines is 1.